The Morgan fingerprint density at radius 2 is 1.87 bits per heavy atom. The zero-order valence-electron chi connectivity index (χ0n) is 17.2. The number of nitrogens with zero attached hydrogens (tertiary/aromatic N) is 1. The van der Waals surface area contributed by atoms with E-state index >= 15 is 0 Å². The number of fused-ring (bicyclic) bond motifs is 1. The third-order valence-electron chi connectivity index (χ3n) is 5.24. The zero-order chi connectivity index (χ0) is 21.1. The van der Waals surface area contributed by atoms with Gasteiger partial charge in [-0.2, -0.15) is 0 Å². The summed E-state index contributed by atoms with van der Waals surface area (Å²) in [5.41, 5.74) is 1.96. The first-order valence-corrected chi connectivity index (χ1v) is 10.2. The Balaban J connectivity index is 1.30. The zero-order valence-corrected chi connectivity index (χ0v) is 17.2. The van der Waals surface area contributed by atoms with E-state index < -0.39 is 0 Å². The highest BCUT2D eigenvalue weighted by Crippen LogP contribution is 2.35. The summed E-state index contributed by atoms with van der Waals surface area (Å²) in [6.07, 6.45) is 0.253. The van der Waals surface area contributed by atoms with Gasteiger partial charge < -0.3 is 24.4 Å². The minimum Gasteiger partial charge on any atom is -0.486 e. The Kier molecular flexibility index (Phi) is 5.79. The average molecular weight is 410 g/mol. The van der Waals surface area contributed by atoms with E-state index in [1.54, 1.807) is 17.0 Å². The highest BCUT2D eigenvalue weighted by atomic mass is 16.6. The van der Waals surface area contributed by atoms with Crippen molar-refractivity contribution in [3.05, 3.63) is 48.0 Å². The molecule has 2 heterocycles. The van der Waals surface area contributed by atoms with Gasteiger partial charge in [0.15, 0.2) is 18.1 Å². The van der Waals surface area contributed by atoms with E-state index in [9.17, 15) is 9.59 Å². The number of carbonyl (C=O) groups is 2. The highest BCUT2D eigenvalue weighted by molar-refractivity contribution is 5.97. The van der Waals surface area contributed by atoms with E-state index in [0.29, 0.717) is 42.9 Å². The molecule has 1 saturated heterocycles. The Morgan fingerprint density at radius 3 is 2.60 bits per heavy atom. The number of nitrogens with one attached hydrogen (secondary N) is 1. The molecule has 0 bridgehead atoms. The molecule has 0 saturated carbocycles. The predicted molar refractivity (Wildman–Crippen MR) is 112 cm³/mol. The lowest BCUT2D eigenvalue weighted by Gasteiger charge is -2.22. The Bertz CT molecular complexity index is 926. The maximum atomic E-state index is 12.5. The maximum Gasteiger partial charge on any atom is 0.258 e. The van der Waals surface area contributed by atoms with Gasteiger partial charge in [-0.05, 0) is 35.7 Å². The molecule has 2 aromatic carbocycles. The van der Waals surface area contributed by atoms with Crippen molar-refractivity contribution in [3.63, 3.8) is 0 Å². The molecule has 7 nitrogen and oxygen atoms in total. The standard InChI is InChI=1S/C23H26N2O5/c1-15(2)16-3-6-19(7-4-16)30-14-22(26)24-17-11-23(27)25(13-17)18-5-8-20-21(12-18)29-10-9-28-20/h3-8,12,15,17H,9-11,13-14H2,1-2H3,(H,24,26). The van der Waals surface area contributed by atoms with Crippen molar-refractivity contribution < 1.29 is 23.8 Å². The molecule has 1 atom stereocenters. The third-order valence-corrected chi connectivity index (χ3v) is 5.24. The van der Waals surface area contributed by atoms with E-state index in [-0.39, 0.29) is 30.9 Å². The summed E-state index contributed by atoms with van der Waals surface area (Å²) in [7, 11) is 0. The Morgan fingerprint density at radius 1 is 1.13 bits per heavy atom. The number of hydrogen-bond acceptors (Lipinski definition) is 5. The van der Waals surface area contributed by atoms with Crippen LogP contribution in [-0.4, -0.2) is 44.2 Å². The molecule has 2 amide bonds. The summed E-state index contributed by atoms with van der Waals surface area (Å²) < 4.78 is 16.7. The van der Waals surface area contributed by atoms with Gasteiger partial charge in [0, 0.05) is 24.7 Å². The van der Waals surface area contributed by atoms with Gasteiger partial charge in [0.2, 0.25) is 5.91 Å². The van der Waals surface area contributed by atoms with Crippen molar-refractivity contribution in [2.75, 3.05) is 31.3 Å². The maximum absolute atomic E-state index is 12.5. The molecule has 7 heteroatoms. The molecule has 0 aromatic heterocycles. The van der Waals surface area contributed by atoms with Gasteiger partial charge >= 0.3 is 0 Å². The van der Waals surface area contributed by atoms with Crippen molar-refractivity contribution in [1.82, 2.24) is 5.32 Å². The summed E-state index contributed by atoms with van der Waals surface area (Å²) in [6, 6.07) is 12.9. The number of ether oxygens (including phenoxy) is 3. The van der Waals surface area contributed by atoms with E-state index in [1.807, 2.05) is 30.3 Å². The molecule has 1 N–H and O–H groups in total. The molecule has 1 unspecified atom stereocenters. The van der Waals surface area contributed by atoms with Crippen molar-refractivity contribution >= 4 is 17.5 Å². The molecule has 2 aliphatic rings. The van der Waals surface area contributed by atoms with Gasteiger partial charge in [-0.3, -0.25) is 9.59 Å². The number of rotatable bonds is 6. The summed E-state index contributed by atoms with van der Waals surface area (Å²) in [5, 5.41) is 2.89. The second kappa shape index (κ2) is 8.65. The van der Waals surface area contributed by atoms with Gasteiger partial charge in [-0.1, -0.05) is 26.0 Å². The van der Waals surface area contributed by atoms with Crippen LogP contribution < -0.4 is 24.4 Å². The van der Waals surface area contributed by atoms with Crippen LogP contribution >= 0.6 is 0 Å². The number of amides is 2. The Labute approximate surface area is 175 Å². The summed E-state index contributed by atoms with van der Waals surface area (Å²) >= 11 is 0. The van der Waals surface area contributed by atoms with Crippen molar-refractivity contribution in [3.8, 4) is 17.2 Å². The molecule has 1 fully saturated rings. The molecule has 2 aromatic rings. The van der Waals surface area contributed by atoms with Crippen LogP contribution in [0.4, 0.5) is 5.69 Å². The molecule has 158 valence electrons. The second-order valence-corrected chi connectivity index (χ2v) is 7.81. The average Bonchev–Trinajstić information content (AvgIpc) is 3.12. The lowest BCUT2D eigenvalue weighted by Crippen LogP contribution is -2.39. The highest BCUT2D eigenvalue weighted by Gasteiger charge is 2.32. The van der Waals surface area contributed by atoms with E-state index in [4.69, 9.17) is 14.2 Å². The number of hydrogen-bond donors (Lipinski definition) is 1. The van der Waals surface area contributed by atoms with Crippen LogP contribution in [0.1, 0.15) is 31.7 Å². The largest absolute Gasteiger partial charge is 0.486 e. The van der Waals surface area contributed by atoms with Gasteiger partial charge in [-0.25, -0.2) is 0 Å². The molecule has 4 rings (SSSR count). The van der Waals surface area contributed by atoms with E-state index in [0.717, 1.165) is 5.69 Å². The molecule has 2 aliphatic heterocycles. The van der Waals surface area contributed by atoms with Crippen LogP contribution in [-0.2, 0) is 9.59 Å². The van der Waals surface area contributed by atoms with Crippen LogP contribution in [0.5, 0.6) is 17.2 Å². The molecular formula is C23H26N2O5. The van der Waals surface area contributed by atoms with Gasteiger partial charge in [-0.15, -0.1) is 0 Å². The number of carbonyl (C=O) groups excluding carboxylic acids is 2. The fourth-order valence-corrected chi connectivity index (χ4v) is 3.62. The lowest BCUT2D eigenvalue weighted by atomic mass is 10.0. The van der Waals surface area contributed by atoms with Gasteiger partial charge in [0.05, 0.1) is 6.04 Å². The first-order chi connectivity index (χ1) is 14.5. The minimum absolute atomic E-state index is 0.0397. The second-order valence-electron chi connectivity index (χ2n) is 7.81. The fraction of sp³-hybridized carbons (Fsp3) is 0.391. The van der Waals surface area contributed by atoms with E-state index in [2.05, 4.69) is 19.2 Å². The van der Waals surface area contributed by atoms with Crippen molar-refractivity contribution in [2.45, 2.75) is 32.2 Å². The number of benzene rings is 2. The molecule has 30 heavy (non-hydrogen) atoms. The van der Waals surface area contributed by atoms with Crippen molar-refractivity contribution in [2.24, 2.45) is 0 Å². The molecular weight excluding hydrogens is 384 g/mol. The SMILES string of the molecule is CC(C)c1ccc(OCC(=O)NC2CC(=O)N(c3ccc4c(c3)OCCO4)C2)cc1. The topological polar surface area (TPSA) is 77.1 Å². The minimum atomic E-state index is -0.259. The van der Waals surface area contributed by atoms with Gasteiger partial charge in [0.1, 0.15) is 19.0 Å². The van der Waals surface area contributed by atoms with Gasteiger partial charge in [0.25, 0.3) is 5.91 Å². The Hall–Kier alpha value is -3.22. The van der Waals surface area contributed by atoms with Crippen LogP contribution in [0.3, 0.4) is 0 Å². The molecule has 0 spiro atoms. The van der Waals surface area contributed by atoms with Crippen molar-refractivity contribution in [1.29, 1.82) is 0 Å². The predicted octanol–water partition coefficient (Wildman–Crippen LogP) is 2.88. The van der Waals surface area contributed by atoms with E-state index in [1.165, 1.54) is 5.56 Å². The summed E-state index contributed by atoms with van der Waals surface area (Å²) in [5.74, 6) is 2.12. The smallest absolute Gasteiger partial charge is 0.258 e. The number of anilines is 1. The van der Waals surface area contributed by atoms with Crippen LogP contribution in [0.25, 0.3) is 0 Å². The van der Waals surface area contributed by atoms with Crippen LogP contribution in [0.15, 0.2) is 42.5 Å². The van der Waals surface area contributed by atoms with Crippen LogP contribution in [0.2, 0.25) is 0 Å². The third kappa shape index (κ3) is 4.50. The monoisotopic (exact) mass is 410 g/mol. The molecule has 0 radical (unpaired) electrons. The van der Waals surface area contributed by atoms with Crippen LogP contribution in [0, 0.1) is 0 Å². The first kappa shape index (κ1) is 20.1. The summed E-state index contributed by atoms with van der Waals surface area (Å²) in [4.78, 5) is 26.4. The molecule has 0 aliphatic carbocycles. The summed E-state index contributed by atoms with van der Waals surface area (Å²) in [6.45, 7) is 5.58. The quantitative estimate of drug-likeness (QED) is 0.793. The first-order valence-electron chi connectivity index (χ1n) is 10.2. The normalized spacial score (nSPS) is 17.9. The lowest BCUT2D eigenvalue weighted by molar-refractivity contribution is -0.123. The fourth-order valence-electron chi connectivity index (χ4n) is 3.62.